The molecule has 1 amide bonds. The Bertz CT molecular complexity index is 413. The first-order chi connectivity index (χ1) is 7.54. The van der Waals surface area contributed by atoms with Crippen LogP contribution in [-0.2, 0) is 9.53 Å². The summed E-state index contributed by atoms with van der Waals surface area (Å²) in [7, 11) is 1.28. The van der Waals surface area contributed by atoms with Gasteiger partial charge in [-0.05, 0) is 25.5 Å². The van der Waals surface area contributed by atoms with Crippen LogP contribution in [0.25, 0.3) is 0 Å². The maximum absolute atomic E-state index is 11.7. The van der Waals surface area contributed by atoms with E-state index < -0.39 is 5.97 Å². The zero-order chi connectivity index (χ0) is 12.1. The third-order valence-electron chi connectivity index (χ3n) is 2.25. The van der Waals surface area contributed by atoms with Crippen molar-refractivity contribution in [2.75, 3.05) is 13.7 Å². The Morgan fingerprint density at radius 3 is 2.56 bits per heavy atom. The second-order valence-electron chi connectivity index (χ2n) is 3.58. The van der Waals surface area contributed by atoms with Gasteiger partial charge in [-0.15, -0.1) is 0 Å². The Kier molecular flexibility index (Phi) is 4.05. The first kappa shape index (κ1) is 12.2. The zero-order valence-electron chi connectivity index (χ0n) is 9.66. The Morgan fingerprint density at radius 2 is 2.00 bits per heavy atom. The standard InChI is InChI=1S/C12H15NO3/c1-8-4-5-10(9(2)6-8)12(15)13-7-11(14)16-3/h4-6H,7H2,1-3H3,(H,13,15). The molecule has 0 aliphatic rings. The maximum atomic E-state index is 11.7. The van der Waals surface area contributed by atoms with Gasteiger partial charge in [-0.3, -0.25) is 9.59 Å². The van der Waals surface area contributed by atoms with Crippen LogP contribution in [0.15, 0.2) is 18.2 Å². The molecular weight excluding hydrogens is 206 g/mol. The molecule has 0 fully saturated rings. The molecular formula is C12H15NO3. The van der Waals surface area contributed by atoms with E-state index in [4.69, 9.17) is 0 Å². The van der Waals surface area contributed by atoms with E-state index in [1.807, 2.05) is 26.0 Å². The first-order valence-corrected chi connectivity index (χ1v) is 4.97. The molecule has 1 aromatic carbocycles. The minimum absolute atomic E-state index is 0.108. The van der Waals surface area contributed by atoms with E-state index >= 15 is 0 Å². The smallest absolute Gasteiger partial charge is 0.325 e. The van der Waals surface area contributed by atoms with E-state index in [-0.39, 0.29) is 12.5 Å². The lowest BCUT2D eigenvalue weighted by Gasteiger charge is -2.07. The molecule has 4 nitrogen and oxygen atoms in total. The van der Waals surface area contributed by atoms with E-state index in [0.29, 0.717) is 5.56 Å². The van der Waals surface area contributed by atoms with Crippen LogP contribution in [0.2, 0.25) is 0 Å². The summed E-state index contributed by atoms with van der Waals surface area (Å²) in [6.45, 7) is 3.71. The lowest BCUT2D eigenvalue weighted by molar-refractivity contribution is -0.139. The molecule has 0 heterocycles. The number of carbonyl (C=O) groups is 2. The molecule has 16 heavy (non-hydrogen) atoms. The van der Waals surface area contributed by atoms with Crippen molar-refractivity contribution in [2.24, 2.45) is 0 Å². The normalized spacial score (nSPS) is 9.69. The first-order valence-electron chi connectivity index (χ1n) is 4.97. The molecule has 0 aliphatic heterocycles. The number of aryl methyl sites for hydroxylation is 2. The van der Waals surface area contributed by atoms with Crippen LogP contribution in [-0.4, -0.2) is 25.5 Å². The fourth-order valence-electron chi connectivity index (χ4n) is 1.39. The Hall–Kier alpha value is -1.84. The van der Waals surface area contributed by atoms with Crippen molar-refractivity contribution in [1.82, 2.24) is 5.32 Å². The highest BCUT2D eigenvalue weighted by atomic mass is 16.5. The Morgan fingerprint density at radius 1 is 1.31 bits per heavy atom. The summed E-state index contributed by atoms with van der Waals surface area (Å²) in [6, 6.07) is 5.53. The second-order valence-corrected chi connectivity index (χ2v) is 3.58. The fourth-order valence-corrected chi connectivity index (χ4v) is 1.39. The van der Waals surface area contributed by atoms with Gasteiger partial charge in [0, 0.05) is 5.56 Å². The average molecular weight is 221 g/mol. The molecule has 1 aromatic rings. The number of nitrogens with one attached hydrogen (secondary N) is 1. The number of amides is 1. The molecule has 0 aromatic heterocycles. The minimum atomic E-state index is -0.460. The van der Waals surface area contributed by atoms with Crippen molar-refractivity contribution < 1.29 is 14.3 Å². The van der Waals surface area contributed by atoms with Gasteiger partial charge in [-0.25, -0.2) is 0 Å². The molecule has 0 radical (unpaired) electrons. The highest BCUT2D eigenvalue weighted by molar-refractivity contribution is 5.97. The second kappa shape index (κ2) is 5.30. The van der Waals surface area contributed by atoms with Crippen LogP contribution in [0.5, 0.6) is 0 Å². The van der Waals surface area contributed by atoms with Crippen LogP contribution in [0.3, 0.4) is 0 Å². The monoisotopic (exact) mass is 221 g/mol. The number of benzene rings is 1. The topological polar surface area (TPSA) is 55.4 Å². The molecule has 1 rings (SSSR count). The van der Waals surface area contributed by atoms with Crippen LogP contribution in [0.1, 0.15) is 21.5 Å². The predicted molar refractivity (Wildman–Crippen MR) is 60.3 cm³/mol. The number of ether oxygens (including phenoxy) is 1. The van der Waals surface area contributed by atoms with Crippen molar-refractivity contribution in [3.05, 3.63) is 34.9 Å². The van der Waals surface area contributed by atoms with Crippen molar-refractivity contribution in [3.8, 4) is 0 Å². The summed E-state index contributed by atoms with van der Waals surface area (Å²) in [5, 5.41) is 2.50. The van der Waals surface area contributed by atoms with Gasteiger partial charge in [-0.2, -0.15) is 0 Å². The summed E-state index contributed by atoms with van der Waals surface area (Å²) < 4.78 is 4.43. The van der Waals surface area contributed by atoms with Gasteiger partial charge in [0.25, 0.3) is 5.91 Å². The molecule has 86 valence electrons. The highest BCUT2D eigenvalue weighted by Crippen LogP contribution is 2.09. The van der Waals surface area contributed by atoms with Crippen LogP contribution >= 0.6 is 0 Å². The summed E-state index contributed by atoms with van der Waals surface area (Å²) in [5.41, 5.74) is 2.57. The SMILES string of the molecule is COC(=O)CNC(=O)c1ccc(C)cc1C. The van der Waals surface area contributed by atoms with Gasteiger partial charge in [0.15, 0.2) is 0 Å². The van der Waals surface area contributed by atoms with Gasteiger partial charge in [0.1, 0.15) is 6.54 Å². The molecule has 0 saturated carbocycles. The highest BCUT2D eigenvalue weighted by Gasteiger charge is 2.10. The quantitative estimate of drug-likeness (QED) is 0.780. The molecule has 0 bridgehead atoms. The largest absolute Gasteiger partial charge is 0.468 e. The summed E-state index contributed by atoms with van der Waals surface area (Å²) in [6.07, 6.45) is 0. The maximum Gasteiger partial charge on any atom is 0.325 e. The Balaban J connectivity index is 2.70. The van der Waals surface area contributed by atoms with E-state index in [1.54, 1.807) is 6.07 Å². The van der Waals surface area contributed by atoms with Crippen LogP contribution in [0.4, 0.5) is 0 Å². The van der Waals surface area contributed by atoms with Gasteiger partial charge in [0.05, 0.1) is 7.11 Å². The van der Waals surface area contributed by atoms with Gasteiger partial charge < -0.3 is 10.1 Å². The van der Waals surface area contributed by atoms with Gasteiger partial charge in [0.2, 0.25) is 0 Å². The Labute approximate surface area is 94.6 Å². The summed E-state index contributed by atoms with van der Waals surface area (Å²) in [4.78, 5) is 22.5. The minimum Gasteiger partial charge on any atom is -0.468 e. The molecule has 0 atom stereocenters. The number of carbonyl (C=O) groups excluding carboxylic acids is 2. The van der Waals surface area contributed by atoms with Crippen molar-refractivity contribution >= 4 is 11.9 Å². The van der Waals surface area contributed by atoms with Crippen LogP contribution in [0, 0.1) is 13.8 Å². The molecule has 0 spiro atoms. The molecule has 0 aliphatic carbocycles. The van der Waals surface area contributed by atoms with Crippen molar-refractivity contribution in [3.63, 3.8) is 0 Å². The lowest BCUT2D eigenvalue weighted by atomic mass is 10.1. The van der Waals surface area contributed by atoms with E-state index in [1.165, 1.54) is 7.11 Å². The van der Waals surface area contributed by atoms with Gasteiger partial charge in [-0.1, -0.05) is 17.7 Å². The van der Waals surface area contributed by atoms with Crippen molar-refractivity contribution in [2.45, 2.75) is 13.8 Å². The third kappa shape index (κ3) is 3.08. The number of esters is 1. The molecule has 0 unspecified atom stereocenters. The fraction of sp³-hybridized carbons (Fsp3) is 0.333. The zero-order valence-corrected chi connectivity index (χ0v) is 9.66. The molecule has 0 saturated heterocycles. The van der Waals surface area contributed by atoms with Crippen LogP contribution < -0.4 is 5.32 Å². The average Bonchev–Trinajstić information content (AvgIpc) is 2.25. The predicted octanol–water partition coefficient (Wildman–Crippen LogP) is 1.21. The summed E-state index contributed by atoms with van der Waals surface area (Å²) in [5.74, 6) is -0.721. The number of hydrogen-bond donors (Lipinski definition) is 1. The molecule has 4 heteroatoms. The van der Waals surface area contributed by atoms with E-state index in [2.05, 4.69) is 10.1 Å². The summed E-state index contributed by atoms with van der Waals surface area (Å²) >= 11 is 0. The number of rotatable bonds is 3. The van der Waals surface area contributed by atoms with Crippen molar-refractivity contribution in [1.29, 1.82) is 0 Å². The number of methoxy groups -OCH3 is 1. The van der Waals surface area contributed by atoms with Gasteiger partial charge >= 0.3 is 5.97 Å². The van der Waals surface area contributed by atoms with E-state index in [0.717, 1.165) is 11.1 Å². The van der Waals surface area contributed by atoms with E-state index in [9.17, 15) is 9.59 Å². The number of hydrogen-bond acceptors (Lipinski definition) is 3. The lowest BCUT2D eigenvalue weighted by Crippen LogP contribution is -2.30. The third-order valence-corrected chi connectivity index (χ3v) is 2.25. The molecule has 1 N–H and O–H groups in total.